The van der Waals surface area contributed by atoms with E-state index in [4.69, 9.17) is 4.42 Å². The maximum atomic E-state index is 12.7. The molecule has 1 fully saturated rings. The molecule has 0 spiro atoms. The molecule has 2 aromatic heterocycles. The van der Waals surface area contributed by atoms with Crippen LogP contribution in [0.1, 0.15) is 12.0 Å². The van der Waals surface area contributed by atoms with Crippen LogP contribution in [0.3, 0.4) is 0 Å². The van der Waals surface area contributed by atoms with Crippen LogP contribution in [0.25, 0.3) is 11.6 Å². The summed E-state index contributed by atoms with van der Waals surface area (Å²) in [5, 5.41) is 9.14. The number of carbonyl (C=O) groups is 1. The van der Waals surface area contributed by atoms with Crippen LogP contribution in [0, 0.1) is 0 Å². The maximum Gasteiger partial charge on any atom is 0.233 e. The lowest BCUT2D eigenvalue weighted by Crippen LogP contribution is -2.38. The molecule has 0 aliphatic carbocycles. The van der Waals surface area contributed by atoms with Gasteiger partial charge in [0, 0.05) is 13.1 Å². The van der Waals surface area contributed by atoms with Crippen molar-refractivity contribution in [3.8, 4) is 11.6 Å². The number of amides is 1. The van der Waals surface area contributed by atoms with Crippen LogP contribution in [0.15, 0.2) is 58.3 Å². The van der Waals surface area contributed by atoms with Crippen LogP contribution >= 0.6 is 11.8 Å². The van der Waals surface area contributed by atoms with Crippen LogP contribution in [0.4, 0.5) is 0 Å². The monoisotopic (exact) mass is 446 g/mol. The van der Waals surface area contributed by atoms with Gasteiger partial charge in [-0.2, -0.15) is 0 Å². The summed E-state index contributed by atoms with van der Waals surface area (Å²) in [5.41, 5.74) is 1.08. The van der Waals surface area contributed by atoms with Crippen molar-refractivity contribution in [1.82, 2.24) is 19.7 Å². The first-order valence-electron chi connectivity index (χ1n) is 9.53. The van der Waals surface area contributed by atoms with Crippen molar-refractivity contribution in [1.29, 1.82) is 0 Å². The summed E-state index contributed by atoms with van der Waals surface area (Å²) >= 11 is 1.29. The molecule has 1 aliphatic rings. The van der Waals surface area contributed by atoms with E-state index in [1.807, 2.05) is 41.0 Å². The van der Waals surface area contributed by atoms with Crippen LogP contribution in [0.5, 0.6) is 0 Å². The third kappa shape index (κ3) is 4.59. The van der Waals surface area contributed by atoms with E-state index in [1.165, 1.54) is 11.8 Å². The highest BCUT2D eigenvalue weighted by Gasteiger charge is 2.32. The molecule has 1 aromatic carbocycles. The minimum absolute atomic E-state index is 0.0345. The van der Waals surface area contributed by atoms with Gasteiger partial charge in [-0.25, -0.2) is 8.42 Å². The SMILES string of the molecule is CN(C(=O)CSc1nnc(-c2ccco2)n1Cc1ccccc1)[C@H]1CCS(=O)(=O)C1. The zero-order chi connectivity index (χ0) is 21.1. The number of hydrogen-bond acceptors (Lipinski definition) is 7. The summed E-state index contributed by atoms with van der Waals surface area (Å²) < 4.78 is 30.8. The predicted octanol–water partition coefficient (Wildman–Crippen LogP) is 2.32. The molecule has 1 amide bonds. The largest absolute Gasteiger partial charge is 0.461 e. The Bertz CT molecular complexity index is 1110. The summed E-state index contributed by atoms with van der Waals surface area (Å²) in [6, 6.07) is 13.3. The fraction of sp³-hybridized carbons (Fsp3) is 0.350. The molecule has 30 heavy (non-hydrogen) atoms. The Morgan fingerprint density at radius 3 is 2.70 bits per heavy atom. The molecule has 0 saturated carbocycles. The highest BCUT2D eigenvalue weighted by molar-refractivity contribution is 7.99. The first-order valence-corrected chi connectivity index (χ1v) is 12.3. The van der Waals surface area contributed by atoms with Gasteiger partial charge >= 0.3 is 0 Å². The fourth-order valence-corrected chi connectivity index (χ4v) is 6.04. The number of benzene rings is 1. The lowest BCUT2D eigenvalue weighted by atomic mass is 10.2. The average Bonchev–Trinajstić information content (AvgIpc) is 3.46. The second kappa shape index (κ2) is 8.65. The van der Waals surface area contributed by atoms with Crippen molar-refractivity contribution < 1.29 is 17.6 Å². The predicted molar refractivity (Wildman–Crippen MR) is 114 cm³/mol. The van der Waals surface area contributed by atoms with Crippen LogP contribution in [0.2, 0.25) is 0 Å². The molecule has 4 rings (SSSR count). The third-order valence-corrected chi connectivity index (χ3v) is 7.82. The quantitative estimate of drug-likeness (QED) is 0.514. The number of thioether (sulfide) groups is 1. The number of sulfone groups is 1. The Balaban J connectivity index is 1.50. The topological polar surface area (TPSA) is 98.3 Å². The van der Waals surface area contributed by atoms with Gasteiger partial charge in [-0.3, -0.25) is 9.36 Å². The second-order valence-electron chi connectivity index (χ2n) is 7.21. The molecule has 8 nitrogen and oxygen atoms in total. The zero-order valence-electron chi connectivity index (χ0n) is 16.5. The van der Waals surface area contributed by atoms with Crippen LogP contribution in [-0.2, 0) is 21.2 Å². The van der Waals surface area contributed by atoms with E-state index in [9.17, 15) is 13.2 Å². The van der Waals surface area contributed by atoms with Gasteiger partial charge in [0.2, 0.25) is 11.7 Å². The molecule has 1 atom stereocenters. The Hall–Kier alpha value is -2.59. The van der Waals surface area contributed by atoms with Crippen LogP contribution < -0.4 is 0 Å². The van der Waals surface area contributed by atoms with Crippen molar-refractivity contribution in [2.75, 3.05) is 24.3 Å². The lowest BCUT2D eigenvalue weighted by Gasteiger charge is -2.23. The zero-order valence-corrected chi connectivity index (χ0v) is 18.1. The minimum Gasteiger partial charge on any atom is -0.461 e. The van der Waals surface area contributed by atoms with Crippen molar-refractivity contribution in [2.24, 2.45) is 0 Å². The molecule has 0 N–H and O–H groups in total. The summed E-state index contributed by atoms with van der Waals surface area (Å²) in [7, 11) is -1.38. The van der Waals surface area contributed by atoms with Gasteiger partial charge in [0.15, 0.2) is 20.8 Å². The van der Waals surface area contributed by atoms with Gasteiger partial charge in [0.05, 0.1) is 30.1 Å². The van der Waals surface area contributed by atoms with E-state index in [0.29, 0.717) is 29.7 Å². The van der Waals surface area contributed by atoms with Gasteiger partial charge in [-0.05, 0) is 24.1 Å². The van der Waals surface area contributed by atoms with E-state index in [0.717, 1.165) is 5.56 Å². The third-order valence-electron chi connectivity index (χ3n) is 5.12. The van der Waals surface area contributed by atoms with Crippen molar-refractivity contribution in [3.05, 3.63) is 54.3 Å². The molecule has 158 valence electrons. The number of nitrogens with zero attached hydrogens (tertiary/aromatic N) is 4. The van der Waals surface area contributed by atoms with Gasteiger partial charge in [0.25, 0.3) is 0 Å². The molecule has 3 heterocycles. The Labute approximate surface area is 179 Å². The Kier molecular flexibility index (Phi) is 5.96. The fourth-order valence-electron chi connectivity index (χ4n) is 3.40. The van der Waals surface area contributed by atoms with E-state index < -0.39 is 9.84 Å². The number of hydrogen-bond donors (Lipinski definition) is 0. The Morgan fingerprint density at radius 2 is 2.03 bits per heavy atom. The molecular formula is C20H22N4O4S2. The Morgan fingerprint density at radius 1 is 1.23 bits per heavy atom. The minimum atomic E-state index is -3.04. The number of aromatic nitrogens is 3. The molecular weight excluding hydrogens is 424 g/mol. The highest BCUT2D eigenvalue weighted by Crippen LogP contribution is 2.26. The van der Waals surface area contributed by atoms with Gasteiger partial charge in [-0.1, -0.05) is 42.1 Å². The summed E-state index contributed by atoms with van der Waals surface area (Å²) in [4.78, 5) is 14.2. The molecule has 10 heteroatoms. The van der Waals surface area contributed by atoms with Crippen molar-refractivity contribution in [3.63, 3.8) is 0 Å². The van der Waals surface area contributed by atoms with Gasteiger partial charge in [0.1, 0.15) is 0 Å². The van der Waals surface area contributed by atoms with E-state index in [-0.39, 0.29) is 29.2 Å². The van der Waals surface area contributed by atoms with Gasteiger partial charge in [-0.15, -0.1) is 10.2 Å². The summed E-state index contributed by atoms with van der Waals surface area (Å²) in [5.74, 6) is 1.39. The molecule has 1 saturated heterocycles. The first kappa shape index (κ1) is 20.7. The second-order valence-corrected chi connectivity index (χ2v) is 10.4. The molecule has 0 bridgehead atoms. The van der Waals surface area contributed by atoms with E-state index in [1.54, 1.807) is 24.3 Å². The number of furan rings is 1. The lowest BCUT2D eigenvalue weighted by molar-refractivity contribution is -0.128. The van der Waals surface area contributed by atoms with E-state index in [2.05, 4.69) is 10.2 Å². The summed E-state index contributed by atoms with van der Waals surface area (Å²) in [6.45, 7) is 0.539. The maximum absolute atomic E-state index is 12.7. The normalized spacial score (nSPS) is 17.8. The highest BCUT2D eigenvalue weighted by atomic mass is 32.2. The van der Waals surface area contributed by atoms with Crippen molar-refractivity contribution >= 4 is 27.5 Å². The first-order chi connectivity index (χ1) is 14.4. The number of rotatable bonds is 7. The standard InChI is InChI=1S/C20H22N4O4S2/c1-23(16-9-11-30(26,27)14-16)18(25)13-29-20-22-21-19(17-8-5-10-28-17)24(20)12-15-6-3-2-4-7-15/h2-8,10,16H,9,11-14H2,1H3/t16-/m0/s1. The van der Waals surface area contributed by atoms with E-state index >= 15 is 0 Å². The smallest absolute Gasteiger partial charge is 0.233 e. The molecule has 0 unspecified atom stereocenters. The van der Waals surface area contributed by atoms with Crippen molar-refractivity contribution in [2.45, 2.75) is 24.2 Å². The molecule has 3 aromatic rings. The van der Waals surface area contributed by atoms with Gasteiger partial charge < -0.3 is 9.32 Å². The average molecular weight is 447 g/mol. The molecule has 1 aliphatic heterocycles. The summed E-state index contributed by atoms with van der Waals surface area (Å²) in [6.07, 6.45) is 2.07. The number of carbonyl (C=O) groups excluding carboxylic acids is 1. The molecule has 0 radical (unpaired) electrons. The van der Waals surface area contributed by atoms with Crippen LogP contribution in [-0.4, -0.2) is 64.3 Å².